The van der Waals surface area contributed by atoms with E-state index in [-0.39, 0.29) is 24.2 Å². The van der Waals surface area contributed by atoms with E-state index in [1.165, 1.54) is 6.92 Å². The van der Waals surface area contributed by atoms with Crippen LogP contribution in [-0.2, 0) is 20.7 Å². The molecule has 2 N–H and O–H groups in total. The molecule has 146 valence electrons. The van der Waals surface area contributed by atoms with Crippen molar-refractivity contribution in [1.29, 1.82) is 0 Å². The predicted octanol–water partition coefficient (Wildman–Crippen LogP) is 4.64. The minimum atomic E-state index is -0.827. The second kappa shape index (κ2) is 11.7. The van der Waals surface area contributed by atoms with E-state index in [0.717, 1.165) is 36.9 Å². The number of nitrogens with one attached hydrogen (secondary N) is 1. The minimum absolute atomic E-state index is 0.0312. The van der Waals surface area contributed by atoms with Crippen LogP contribution < -0.4 is 5.32 Å². The van der Waals surface area contributed by atoms with Crippen molar-refractivity contribution in [2.45, 2.75) is 52.9 Å². The third-order valence-corrected chi connectivity index (χ3v) is 4.26. The molecule has 0 spiro atoms. The molecule has 0 aliphatic carbocycles. The SMILES string of the molecule is [C-]#[N+]/C(C(=O)OCCc1ccc(NC(=O)C(CC)CCCC)cc1)=C(\C)O. The smallest absolute Gasteiger partial charge is 0.339 e. The summed E-state index contributed by atoms with van der Waals surface area (Å²) in [7, 11) is 0. The number of benzene rings is 1. The molecule has 0 saturated heterocycles. The number of carbonyl (C=O) groups excluding carboxylic acids is 2. The highest BCUT2D eigenvalue weighted by molar-refractivity contribution is 5.92. The summed E-state index contributed by atoms with van der Waals surface area (Å²) in [6.07, 6.45) is 4.32. The highest BCUT2D eigenvalue weighted by Crippen LogP contribution is 2.17. The standard InChI is InChI=1S/C21H28N2O4/c1-5-7-8-17(6-2)20(25)23-18-11-9-16(10-12-18)13-14-27-21(26)19(22-4)15(3)24/h9-12,17,24H,5-8,13-14H2,1-3H3,(H,23,25)/b19-15+. The van der Waals surface area contributed by atoms with Crippen molar-refractivity contribution in [1.82, 2.24) is 0 Å². The Kier molecular flexibility index (Phi) is 9.66. The second-order valence-electron chi connectivity index (χ2n) is 6.37. The number of allylic oxidation sites excluding steroid dienone is 1. The van der Waals surface area contributed by atoms with Crippen molar-refractivity contribution in [3.63, 3.8) is 0 Å². The summed E-state index contributed by atoms with van der Waals surface area (Å²) >= 11 is 0. The van der Waals surface area contributed by atoms with Crippen LogP contribution in [0.5, 0.6) is 0 Å². The first-order valence-electron chi connectivity index (χ1n) is 9.27. The molecule has 0 heterocycles. The van der Waals surface area contributed by atoms with E-state index < -0.39 is 11.7 Å². The number of hydrogen-bond acceptors (Lipinski definition) is 4. The van der Waals surface area contributed by atoms with Gasteiger partial charge in [-0.2, -0.15) is 0 Å². The molecule has 0 aromatic heterocycles. The lowest BCUT2D eigenvalue weighted by atomic mass is 9.98. The minimum Gasteiger partial charge on any atom is -0.523 e. The first-order valence-corrected chi connectivity index (χ1v) is 9.27. The average molecular weight is 372 g/mol. The van der Waals surface area contributed by atoms with Crippen LogP contribution in [0.2, 0.25) is 0 Å². The number of rotatable bonds is 10. The summed E-state index contributed by atoms with van der Waals surface area (Å²) in [5.41, 5.74) is 1.28. The van der Waals surface area contributed by atoms with Gasteiger partial charge in [-0.25, -0.2) is 4.85 Å². The van der Waals surface area contributed by atoms with Crippen molar-refractivity contribution in [2.75, 3.05) is 11.9 Å². The number of amides is 1. The molecule has 0 bridgehead atoms. The number of unbranched alkanes of at least 4 members (excludes halogenated alkanes) is 1. The molecule has 1 aromatic carbocycles. The van der Waals surface area contributed by atoms with Crippen LogP contribution in [0, 0.1) is 12.5 Å². The molecule has 0 aliphatic rings. The van der Waals surface area contributed by atoms with Crippen molar-refractivity contribution in [3.05, 3.63) is 52.7 Å². The lowest BCUT2D eigenvalue weighted by Crippen LogP contribution is -2.22. The third-order valence-electron chi connectivity index (χ3n) is 4.26. The first-order chi connectivity index (χ1) is 12.9. The van der Waals surface area contributed by atoms with Crippen LogP contribution in [-0.4, -0.2) is 23.6 Å². The Balaban J connectivity index is 2.52. The quantitative estimate of drug-likeness (QED) is 0.271. The van der Waals surface area contributed by atoms with Crippen molar-refractivity contribution in [3.8, 4) is 0 Å². The molecule has 1 aromatic rings. The third kappa shape index (κ3) is 7.53. The Labute approximate surface area is 161 Å². The molecule has 6 heteroatoms. The monoisotopic (exact) mass is 372 g/mol. The summed E-state index contributed by atoms with van der Waals surface area (Å²) in [6, 6.07) is 7.37. The van der Waals surface area contributed by atoms with Crippen LogP contribution >= 0.6 is 0 Å². The van der Waals surface area contributed by atoms with E-state index in [1.54, 1.807) is 0 Å². The van der Waals surface area contributed by atoms with Gasteiger partial charge in [-0.1, -0.05) is 38.8 Å². The highest BCUT2D eigenvalue weighted by Gasteiger charge is 2.16. The Morgan fingerprint density at radius 1 is 1.26 bits per heavy atom. The molecule has 6 nitrogen and oxygen atoms in total. The van der Waals surface area contributed by atoms with E-state index in [1.807, 2.05) is 31.2 Å². The zero-order valence-electron chi connectivity index (χ0n) is 16.2. The molecule has 0 aliphatic heterocycles. The molecule has 1 unspecified atom stereocenters. The molecular formula is C21H28N2O4. The Morgan fingerprint density at radius 2 is 1.93 bits per heavy atom. The van der Waals surface area contributed by atoms with Crippen LogP contribution in [0.15, 0.2) is 35.7 Å². The molecule has 1 amide bonds. The van der Waals surface area contributed by atoms with E-state index >= 15 is 0 Å². The number of carbonyl (C=O) groups is 2. The van der Waals surface area contributed by atoms with Crippen molar-refractivity contribution < 1.29 is 19.4 Å². The van der Waals surface area contributed by atoms with Gasteiger partial charge in [-0.05, 0) is 37.5 Å². The Morgan fingerprint density at radius 3 is 2.44 bits per heavy atom. The number of ether oxygens (including phenoxy) is 1. The topological polar surface area (TPSA) is 80.0 Å². The van der Waals surface area contributed by atoms with Gasteiger partial charge in [0.05, 0.1) is 13.2 Å². The zero-order chi connectivity index (χ0) is 20.2. The van der Waals surface area contributed by atoms with E-state index in [9.17, 15) is 14.7 Å². The van der Waals surface area contributed by atoms with Gasteiger partial charge in [-0.15, -0.1) is 0 Å². The number of aliphatic hydroxyl groups is 1. The predicted molar refractivity (Wildman–Crippen MR) is 105 cm³/mol. The van der Waals surface area contributed by atoms with Gasteiger partial charge < -0.3 is 15.2 Å². The van der Waals surface area contributed by atoms with Crippen LogP contribution in [0.3, 0.4) is 0 Å². The summed E-state index contributed by atoms with van der Waals surface area (Å²) < 4.78 is 5.00. The fourth-order valence-electron chi connectivity index (χ4n) is 2.57. The zero-order valence-corrected chi connectivity index (χ0v) is 16.2. The second-order valence-corrected chi connectivity index (χ2v) is 6.37. The van der Waals surface area contributed by atoms with Gasteiger partial charge >= 0.3 is 11.7 Å². The largest absolute Gasteiger partial charge is 0.523 e. The molecule has 0 radical (unpaired) electrons. The van der Waals surface area contributed by atoms with Gasteiger partial charge in [-0.3, -0.25) is 9.59 Å². The average Bonchev–Trinajstić information content (AvgIpc) is 2.64. The van der Waals surface area contributed by atoms with Crippen molar-refractivity contribution in [2.24, 2.45) is 5.92 Å². The molecule has 1 atom stereocenters. The van der Waals surface area contributed by atoms with Crippen LogP contribution in [0.1, 0.15) is 52.0 Å². The molecular weight excluding hydrogens is 344 g/mol. The maximum atomic E-state index is 12.3. The van der Waals surface area contributed by atoms with Gasteiger partial charge in [0, 0.05) is 18.0 Å². The normalized spacial score (nSPS) is 12.5. The van der Waals surface area contributed by atoms with Gasteiger partial charge in [0.1, 0.15) is 5.76 Å². The van der Waals surface area contributed by atoms with Crippen LogP contribution in [0.4, 0.5) is 5.69 Å². The fourth-order valence-corrected chi connectivity index (χ4v) is 2.57. The number of aliphatic hydroxyl groups excluding tert-OH is 1. The molecule has 0 saturated carbocycles. The van der Waals surface area contributed by atoms with Gasteiger partial charge in [0.25, 0.3) is 0 Å². The first kappa shape index (κ1) is 22.2. The maximum absolute atomic E-state index is 12.3. The van der Waals surface area contributed by atoms with E-state index in [0.29, 0.717) is 6.42 Å². The van der Waals surface area contributed by atoms with E-state index in [4.69, 9.17) is 11.3 Å². The summed E-state index contributed by atoms with van der Waals surface area (Å²) in [4.78, 5) is 26.9. The lowest BCUT2D eigenvalue weighted by molar-refractivity contribution is -0.138. The van der Waals surface area contributed by atoms with Gasteiger partial charge in [0.15, 0.2) is 0 Å². The Bertz CT molecular complexity index is 698. The fraction of sp³-hybridized carbons (Fsp3) is 0.476. The molecule has 0 fully saturated rings. The maximum Gasteiger partial charge on any atom is 0.339 e. The molecule has 27 heavy (non-hydrogen) atoms. The van der Waals surface area contributed by atoms with Gasteiger partial charge in [0.2, 0.25) is 5.91 Å². The lowest BCUT2D eigenvalue weighted by Gasteiger charge is -2.14. The summed E-state index contributed by atoms with van der Waals surface area (Å²) in [5.74, 6) is -1.10. The van der Waals surface area contributed by atoms with Crippen LogP contribution in [0.25, 0.3) is 4.85 Å². The number of anilines is 1. The summed E-state index contributed by atoms with van der Waals surface area (Å²) in [5, 5.41) is 12.2. The number of hydrogen-bond donors (Lipinski definition) is 2. The summed E-state index contributed by atoms with van der Waals surface area (Å²) in [6.45, 7) is 12.4. The number of esters is 1. The van der Waals surface area contributed by atoms with Crippen molar-refractivity contribution >= 4 is 17.6 Å². The highest BCUT2D eigenvalue weighted by atomic mass is 16.5. The molecule has 1 rings (SSSR count). The Hall–Kier alpha value is -2.81. The van der Waals surface area contributed by atoms with E-state index in [2.05, 4.69) is 17.1 Å². The number of nitrogens with zero attached hydrogens (tertiary/aromatic N) is 1.